The molecule has 3 heteroatoms. The van der Waals surface area contributed by atoms with E-state index in [2.05, 4.69) is 0 Å². The fraction of sp³-hybridized carbons (Fsp3) is 0.900. The Labute approximate surface area is 80.3 Å². The number of likely N-dealkylation sites (N-methyl/N-ethyl adjacent to an activating group) is 1. The molecule has 0 heterocycles. The summed E-state index contributed by atoms with van der Waals surface area (Å²) in [6, 6.07) is 0.115. The molecular weight excluding hydrogens is 164 g/mol. The predicted molar refractivity (Wildman–Crippen MR) is 53.3 cm³/mol. The van der Waals surface area contributed by atoms with Crippen LogP contribution in [0.4, 0.5) is 0 Å². The molecular formula is C10H20N2O. The molecule has 0 aliphatic heterocycles. The van der Waals surface area contributed by atoms with Crippen molar-refractivity contribution in [1.29, 1.82) is 0 Å². The van der Waals surface area contributed by atoms with Crippen molar-refractivity contribution < 1.29 is 4.79 Å². The Morgan fingerprint density at radius 3 is 2.46 bits per heavy atom. The first kappa shape index (κ1) is 10.5. The van der Waals surface area contributed by atoms with Gasteiger partial charge in [-0.25, -0.2) is 0 Å². The Balaban J connectivity index is 2.55. The number of hydrogen-bond acceptors (Lipinski definition) is 2. The van der Waals surface area contributed by atoms with Crippen molar-refractivity contribution in [1.82, 2.24) is 4.90 Å². The molecule has 1 saturated carbocycles. The van der Waals surface area contributed by atoms with E-state index in [1.165, 1.54) is 12.8 Å². The lowest BCUT2D eigenvalue weighted by Crippen LogP contribution is -2.46. The SMILES string of the molecule is CCN(C(=O)C(C)N)C1CCCC1. The first-order valence-corrected chi connectivity index (χ1v) is 5.23. The lowest BCUT2D eigenvalue weighted by atomic mass is 10.2. The third kappa shape index (κ3) is 2.44. The maximum absolute atomic E-state index is 11.7. The molecule has 76 valence electrons. The number of rotatable bonds is 3. The summed E-state index contributed by atoms with van der Waals surface area (Å²) in [4.78, 5) is 13.6. The molecule has 1 fully saturated rings. The number of hydrogen-bond donors (Lipinski definition) is 1. The summed E-state index contributed by atoms with van der Waals surface area (Å²) in [6.45, 7) is 4.59. The van der Waals surface area contributed by atoms with Crippen molar-refractivity contribution in [3.05, 3.63) is 0 Å². The van der Waals surface area contributed by atoms with E-state index < -0.39 is 0 Å². The number of carbonyl (C=O) groups excluding carboxylic acids is 1. The van der Waals surface area contributed by atoms with E-state index in [0.717, 1.165) is 19.4 Å². The zero-order valence-corrected chi connectivity index (χ0v) is 8.62. The second-order valence-electron chi connectivity index (χ2n) is 3.85. The van der Waals surface area contributed by atoms with E-state index in [1.807, 2.05) is 11.8 Å². The minimum absolute atomic E-state index is 0.106. The van der Waals surface area contributed by atoms with Gasteiger partial charge in [0.2, 0.25) is 5.91 Å². The molecule has 1 amide bonds. The summed E-state index contributed by atoms with van der Waals surface area (Å²) in [7, 11) is 0. The van der Waals surface area contributed by atoms with Crippen LogP contribution in [0.25, 0.3) is 0 Å². The highest BCUT2D eigenvalue weighted by Crippen LogP contribution is 2.23. The molecule has 0 saturated heterocycles. The maximum Gasteiger partial charge on any atom is 0.239 e. The van der Waals surface area contributed by atoms with Crippen LogP contribution in [0.15, 0.2) is 0 Å². The van der Waals surface area contributed by atoms with Crippen LogP contribution in [-0.2, 0) is 4.79 Å². The fourth-order valence-electron chi connectivity index (χ4n) is 2.07. The quantitative estimate of drug-likeness (QED) is 0.714. The second-order valence-corrected chi connectivity index (χ2v) is 3.85. The molecule has 1 aliphatic carbocycles. The lowest BCUT2D eigenvalue weighted by Gasteiger charge is -2.29. The number of nitrogens with two attached hydrogens (primary N) is 1. The van der Waals surface area contributed by atoms with Crippen LogP contribution in [0, 0.1) is 0 Å². The third-order valence-electron chi connectivity index (χ3n) is 2.78. The van der Waals surface area contributed by atoms with Gasteiger partial charge in [-0.3, -0.25) is 4.79 Å². The Morgan fingerprint density at radius 2 is 2.08 bits per heavy atom. The molecule has 1 unspecified atom stereocenters. The number of amides is 1. The van der Waals surface area contributed by atoms with Crippen LogP contribution in [0.1, 0.15) is 39.5 Å². The molecule has 13 heavy (non-hydrogen) atoms. The van der Waals surface area contributed by atoms with Crippen LogP contribution in [0.2, 0.25) is 0 Å². The molecule has 0 spiro atoms. The standard InChI is InChI=1S/C10H20N2O/c1-3-12(10(13)8(2)11)9-6-4-5-7-9/h8-9H,3-7,11H2,1-2H3. The molecule has 3 nitrogen and oxygen atoms in total. The Morgan fingerprint density at radius 1 is 1.54 bits per heavy atom. The predicted octanol–water partition coefficient (Wildman–Crippen LogP) is 1.12. The normalized spacial score (nSPS) is 20.2. The van der Waals surface area contributed by atoms with Gasteiger partial charge >= 0.3 is 0 Å². The van der Waals surface area contributed by atoms with Gasteiger partial charge in [0.05, 0.1) is 6.04 Å². The average molecular weight is 184 g/mol. The topological polar surface area (TPSA) is 46.3 Å². The van der Waals surface area contributed by atoms with Crippen molar-refractivity contribution in [2.24, 2.45) is 5.73 Å². The Kier molecular flexibility index (Phi) is 3.72. The summed E-state index contributed by atoms with van der Waals surface area (Å²) in [5.74, 6) is 0.106. The van der Waals surface area contributed by atoms with Gasteiger partial charge in [0.15, 0.2) is 0 Å². The van der Waals surface area contributed by atoms with E-state index in [0.29, 0.717) is 6.04 Å². The van der Waals surface area contributed by atoms with Crippen LogP contribution in [0.3, 0.4) is 0 Å². The minimum Gasteiger partial charge on any atom is -0.339 e. The highest BCUT2D eigenvalue weighted by atomic mass is 16.2. The van der Waals surface area contributed by atoms with Crippen molar-refractivity contribution in [3.8, 4) is 0 Å². The molecule has 0 aromatic heterocycles. The number of carbonyl (C=O) groups is 1. The second kappa shape index (κ2) is 4.61. The maximum atomic E-state index is 11.7. The largest absolute Gasteiger partial charge is 0.339 e. The molecule has 0 aromatic carbocycles. The third-order valence-corrected chi connectivity index (χ3v) is 2.78. The van der Waals surface area contributed by atoms with Gasteiger partial charge < -0.3 is 10.6 Å². The molecule has 1 atom stereocenters. The van der Waals surface area contributed by atoms with Gasteiger partial charge in [-0.2, -0.15) is 0 Å². The summed E-state index contributed by atoms with van der Waals surface area (Å²) in [6.07, 6.45) is 4.83. The lowest BCUT2D eigenvalue weighted by molar-refractivity contribution is -0.134. The van der Waals surface area contributed by atoms with Gasteiger partial charge in [0, 0.05) is 12.6 Å². The highest BCUT2D eigenvalue weighted by molar-refractivity contribution is 5.81. The Bertz CT molecular complexity index is 174. The first-order chi connectivity index (χ1) is 6.16. The van der Waals surface area contributed by atoms with Crippen molar-refractivity contribution in [2.45, 2.75) is 51.6 Å². The molecule has 1 aliphatic rings. The van der Waals surface area contributed by atoms with E-state index in [4.69, 9.17) is 5.73 Å². The van der Waals surface area contributed by atoms with Gasteiger partial charge in [-0.05, 0) is 26.7 Å². The van der Waals surface area contributed by atoms with E-state index in [-0.39, 0.29) is 11.9 Å². The van der Waals surface area contributed by atoms with Crippen molar-refractivity contribution in [3.63, 3.8) is 0 Å². The van der Waals surface area contributed by atoms with Crippen LogP contribution >= 0.6 is 0 Å². The summed E-state index contributed by atoms with van der Waals surface area (Å²) >= 11 is 0. The zero-order valence-electron chi connectivity index (χ0n) is 8.62. The average Bonchev–Trinajstić information content (AvgIpc) is 2.58. The molecule has 0 aromatic rings. The summed E-state index contributed by atoms with van der Waals surface area (Å²) in [5, 5.41) is 0. The van der Waals surface area contributed by atoms with Crippen molar-refractivity contribution in [2.75, 3.05) is 6.54 Å². The van der Waals surface area contributed by atoms with Gasteiger partial charge in [0.25, 0.3) is 0 Å². The van der Waals surface area contributed by atoms with Crippen LogP contribution in [0.5, 0.6) is 0 Å². The summed E-state index contributed by atoms with van der Waals surface area (Å²) < 4.78 is 0. The zero-order chi connectivity index (χ0) is 9.84. The van der Waals surface area contributed by atoms with Gasteiger partial charge in [-0.1, -0.05) is 12.8 Å². The molecule has 0 radical (unpaired) electrons. The summed E-state index contributed by atoms with van der Waals surface area (Å²) in [5.41, 5.74) is 5.59. The van der Waals surface area contributed by atoms with Crippen LogP contribution < -0.4 is 5.73 Å². The van der Waals surface area contributed by atoms with Gasteiger partial charge in [0.1, 0.15) is 0 Å². The monoisotopic (exact) mass is 184 g/mol. The van der Waals surface area contributed by atoms with Crippen LogP contribution in [-0.4, -0.2) is 29.4 Å². The van der Waals surface area contributed by atoms with Crippen molar-refractivity contribution >= 4 is 5.91 Å². The molecule has 1 rings (SSSR count). The first-order valence-electron chi connectivity index (χ1n) is 5.23. The molecule has 0 bridgehead atoms. The smallest absolute Gasteiger partial charge is 0.239 e. The molecule has 2 N–H and O–H groups in total. The number of nitrogens with zero attached hydrogens (tertiary/aromatic N) is 1. The van der Waals surface area contributed by atoms with E-state index >= 15 is 0 Å². The Hall–Kier alpha value is -0.570. The van der Waals surface area contributed by atoms with Gasteiger partial charge in [-0.15, -0.1) is 0 Å². The minimum atomic E-state index is -0.347. The van der Waals surface area contributed by atoms with E-state index in [9.17, 15) is 4.79 Å². The highest BCUT2D eigenvalue weighted by Gasteiger charge is 2.26. The fourth-order valence-corrected chi connectivity index (χ4v) is 2.07. The van der Waals surface area contributed by atoms with E-state index in [1.54, 1.807) is 6.92 Å².